The summed E-state index contributed by atoms with van der Waals surface area (Å²) in [6, 6.07) is 9.90. The molecule has 2 aliphatic heterocycles. The molecule has 0 spiro atoms. The zero-order chi connectivity index (χ0) is 26.5. The Hall–Kier alpha value is -3.95. The fraction of sp³-hybridized carbons (Fsp3) is 0.407. The maximum atomic E-state index is 13.6. The standard InChI is InChI=1S/C27H31FN4O5/c1-16(33)29-13-3-2-4-22-27(37)32-23(26(36)31-22)14-21(24(32)18-7-11-20(34)12-8-18)25(35)30-15-17-5-9-19(28)10-6-17/h5-12,21-24,34H,2-4,13-15H2,1H3,(H,29,33)(H,30,35)(H,31,36)/t21-,22+,23-,24-/m1/s1. The fourth-order valence-electron chi connectivity index (χ4n) is 5.08. The van der Waals surface area contributed by atoms with Crippen molar-refractivity contribution in [2.45, 2.75) is 57.3 Å². The van der Waals surface area contributed by atoms with Gasteiger partial charge in [-0.05, 0) is 61.1 Å². The van der Waals surface area contributed by atoms with Crippen molar-refractivity contribution in [2.24, 2.45) is 5.92 Å². The first-order valence-corrected chi connectivity index (χ1v) is 12.4. The Balaban J connectivity index is 1.52. The van der Waals surface area contributed by atoms with Crippen molar-refractivity contribution in [2.75, 3.05) is 6.54 Å². The fourth-order valence-corrected chi connectivity index (χ4v) is 5.08. The topological polar surface area (TPSA) is 128 Å². The van der Waals surface area contributed by atoms with Crippen molar-refractivity contribution in [3.63, 3.8) is 0 Å². The highest BCUT2D eigenvalue weighted by atomic mass is 19.1. The van der Waals surface area contributed by atoms with Crippen LogP contribution in [0.15, 0.2) is 48.5 Å². The highest BCUT2D eigenvalue weighted by Crippen LogP contribution is 2.43. The molecule has 2 aliphatic rings. The first-order valence-electron chi connectivity index (χ1n) is 12.4. The van der Waals surface area contributed by atoms with Crippen LogP contribution in [-0.2, 0) is 25.7 Å². The lowest BCUT2D eigenvalue weighted by Gasteiger charge is -2.38. The Morgan fingerprint density at radius 2 is 1.76 bits per heavy atom. The zero-order valence-electron chi connectivity index (χ0n) is 20.6. The molecular formula is C27H31FN4O5. The molecule has 0 radical (unpaired) electrons. The Morgan fingerprint density at radius 3 is 2.43 bits per heavy atom. The molecule has 0 aromatic heterocycles. The second-order valence-corrected chi connectivity index (χ2v) is 9.52. The van der Waals surface area contributed by atoms with Gasteiger partial charge in [-0.1, -0.05) is 24.3 Å². The zero-order valence-corrected chi connectivity index (χ0v) is 20.6. The van der Waals surface area contributed by atoms with Gasteiger partial charge in [-0.3, -0.25) is 19.2 Å². The summed E-state index contributed by atoms with van der Waals surface area (Å²) in [5, 5.41) is 18.2. The summed E-state index contributed by atoms with van der Waals surface area (Å²) in [6.45, 7) is 2.11. The van der Waals surface area contributed by atoms with Gasteiger partial charge in [-0.2, -0.15) is 0 Å². The highest BCUT2D eigenvalue weighted by Gasteiger charge is 2.54. The molecule has 4 rings (SSSR count). The van der Waals surface area contributed by atoms with Crippen LogP contribution in [0.2, 0.25) is 0 Å². The lowest BCUT2D eigenvalue weighted by atomic mass is 9.92. The maximum Gasteiger partial charge on any atom is 0.246 e. The predicted octanol–water partition coefficient (Wildman–Crippen LogP) is 1.91. The molecular weight excluding hydrogens is 479 g/mol. The predicted molar refractivity (Wildman–Crippen MR) is 132 cm³/mol. The first-order chi connectivity index (χ1) is 17.7. The number of fused-ring (bicyclic) bond motifs is 1. The van der Waals surface area contributed by atoms with E-state index in [9.17, 15) is 28.7 Å². The molecule has 4 amide bonds. The van der Waals surface area contributed by atoms with E-state index < -0.39 is 24.0 Å². The molecule has 2 heterocycles. The van der Waals surface area contributed by atoms with Crippen molar-refractivity contribution < 1.29 is 28.7 Å². The van der Waals surface area contributed by atoms with Crippen LogP contribution in [0.4, 0.5) is 4.39 Å². The summed E-state index contributed by atoms with van der Waals surface area (Å²) in [6.07, 6.45) is 1.87. The van der Waals surface area contributed by atoms with Crippen LogP contribution in [0.1, 0.15) is 49.8 Å². The summed E-state index contributed by atoms with van der Waals surface area (Å²) >= 11 is 0. The second-order valence-electron chi connectivity index (χ2n) is 9.52. The summed E-state index contributed by atoms with van der Waals surface area (Å²) in [5.41, 5.74) is 1.37. The minimum absolute atomic E-state index is 0.0513. The van der Waals surface area contributed by atoms with E-state index in [1.165, 1.54) is 36.1 Å². The third-order valence-corrected chi connectivity index (χ3v) is 6.91. The Morgan fingerprint density at radius 1 is 1.05 bits per heavy atom. The molecule has 2 aromatic rings. The number of phenolic OH excluding ortho intramolecular Hbond substituents is 1. The van der Waals surface area contributed by atoms with Gasteiger partial charge in [0.05, 0.1) is 12.0 Å². The lowest BCUT2D eigenvalue weighted by Crippen LogP contribution is -2.61. The van der Waals surface area contributed by atoms with Crippen molar-refractivity contribution in [3.05, 3.63) is 65.5 Å². The number of halogens is 1. The Kier molecular flexibility index (Phi) is 8.05. The lowest BCUT2D eigenvalue weighted by molar-refractivity contribution is -0.149. The van der Waals surface area contributed by atoms with E-state index in [0.717, 1.165) is 5.56 Å². The van der Waals surface area contributed by atoms with Gasteiger partial charge >= 0.3 is 0 Å². The average Bonchev–Trinajstić information content (AvgIpc) is 3.28. The van der Waals surface area contributed by atoms with E-state index in [-0.39, 0.29) is 48.2 Å². The maximum absolute atomic E-state index is 13.6. The minimum Gasteiger partial charge on any atom is -0.508 e. The van der Waals surface area contributed by atoms with Gasteiger partial charge in [0.2, 0.25) is 23.6 Å². The molecule has 9 nitrogen and oxygen atoms in total. The molecule has 0 saturated carbocycles. The number of carbonyl (C=O) groups is 4. The van der Waals surface area contributed by atoms with Gasteiger partial charge < -0.3 is 26.0 Å². The van der Waals surface area contributed by atoms with Crippen LogP contribution in [0.25, 0.3) is 0 Å². The van der Waals surface area contributed by atoms with E-state index >= 15 is 0 Å². The van der Waals surface area contributed by atoms with E-state index in [1.54, 1.807) is 24.3 Å². The van der Waals surface area contributed by atoms with Gasteiger partial charge in [-0.25, -0.2) is 4.39 Å². The number of aromatic hydroxyl groups is 1. The van der Waals surface area contributed by atoms with Crippen molar-refractivity contribution in [1.29, 1.82) is 0 Å². The molecule has 37 heavy (non-hydrogen) atoms. The number of hydrogen-bond acceptors (Lipinski definition) is 5. The molecule has 4 atom stereocenters. The molecule has 2 saturated heterocycles. The van der Waals surface area contributed by atoms with Crippen molar-refractivity contribution >= 4 is 23.6 Å². The summed E-state index contributed by atoms with van der Waals surface area (Å²) < 4.78 is 13.2. The van der Waals surface area contributed by atoms with Crippen LogP contribution >= 0.6 is 0 Å². The second kappa shape index (κ2) is 11.4. The van der Waals surface area contributed by atoms with Crippen LogP contribution in [0.5, 0.6) is 5.75 Å². The molecule has 0 unspecified atom stereocenters. The smallest absolute Gasteiger partial charge is 0.246 e. The monoisotopic (exact) mass is 510 g/mol. The number of nitrogens with zero attached hydrogens (tertiary/aromatic N) is 1. The van der Waals surface area contributed by atoms with E-state index in [2.05, 4.69) is 16.0 Å². The van der Waals surface area contributed by atoms with Gasteiger partial charge in [0.15, 0.2) is 0 Å². The van der Waals surface area contributed by atoms with Crippen LogP contribution in [0.3, 0.4) is 0 Å². The molecule has 0 bridgehead atoms. The van der Waals surface area contributed by atoms with Crippen LogP contribution < -0.4 is 16.0 Å². The summed E-state index contributed by atoms with van der Waals surface area (Å²) in [4.78, 5) is 52.5. The number of unbranched alkanes of at least 4 members (excludes halogenated alkanes) is 1. The molecule has 0 aliphatic carbocycles. The van der Waals surface area contributed by atoms with Gasteiger partial charge in [-0.15, -0.1) is 0 Å². The number of amides is 4. The molecule has 2 fully saturated rings. The van der Waals surface area contributed by atoms with Crippen molar-refractivity contribution in [1.82, 2.24) is 20.9 Å². The van der Waals surface area contributed by atoms with Crippen LogP contribution in [-0.4, -0.2) is 52.3 Å². The molecule has 196 valence electrons. The number of nitrogens with one attached hydrogen (secondary N) is 3. The number of rotatable bonds is 9. The van der Waals surface area contributed by atoms with E-state index in [1.807, 2.05) is 0 Å². The Labute approximate surface area is 214 Å². The molecule has 10 heteroatoms. The van der Waals surface area contributed by atoms with Gasteiger partial charge in [0.25, 0.3) is 0 Å². The minimum atomic E-state index is -0.788. The van der Waals surface area contributed by atoms with E-state index in [4.69, 9.17) is 0 Å². The van der Waals surface area contributed by atoms with Gasteiger partial charge in [0, 0.05) is 20.0 Å². The summed E-state index contributed by atoms with van der Waals surface area (Å²) in [7, 11) is 0. The largest absolute Gasteiger partial charge is 0.508 e. The first kappa shape index (κ1) is 26.1. The summed E-state index contributed by atoms with van der Waals surface area (Å²) in [5.74, 6) is -2.00. The molecule has 4 N–H and O–H groups in total. The number of carbonyl (C=O) groups excluding carboxylic acids is 4. The van der Waals surface area contributed by atoms with Gasteiger partial charge in [0.1, 0.15) is 23.7 Å². The van der Waals surface area contributed by atoms with Crippen LogP contribution in [0, 0.1) is 11.7 Å². The Bertz CT molecular complexity index is 1150. The highest BCUT2D eigenvalue weighted by molar-refractivity contribution is 5.99. The third-order valence-electron chi connectivity index (χ3n) is 6.91. The number of phenols is 1. The normalized spacial score (nSPS) is 22.8. The number of piperazine rings is 1. The molecule has 2 aromatic carbocycles. The quantitative estimate of drug-likeness (QED) is 0.383. The van der Waals surface area contributed by atoms with E-state index in [0.29, 0.717) is 31.4 Å². The van der Waals surface area contributed by atoms with Crippen molar-refractivity contribution in [3.8, 4) is 5.75 Å². The average molecular weight is 511 g/mol. The number of hydrogen-bond donors (Lipinski definition) is 4. The number of benzene rings is 2. The third kappa shape index (κ3) is 6.07. The SMILES string of the molecule is CC(=O)NCCCC[C@@H]1NC(=O)[C@H]2C[C@@H](C(=O)NCc3ccc(F)cc3)[C@@H](c3ccc(O)cc3)N2C1=O.